The molecule has 0 spiro atoms. The van der Waals surface area contributed by atoms with Gasteiger partial charge in [0.2, 0.25) is 0 Å². The van der Waals surface area contributed by atoms with Crippen LogP contribution in [0.1, 0.15) is 88.5 Å². The first-order chi connectivity index (χ1) is 20.1. The second-order valence-electron chi connectivity index (χ2n) is 13.2. The van der Waals surface area contributed by atoms with Crippen LogP contribution in [0.15, 0.2) is 130 Å². The Morgan fingerprint density at radius 3 is 1.58 bits per heavy atom. The van der Waals surface area contributed by atoms with Gasteiger partial charge in [-0.1, -0.05) is 135 Å². The number of hydrogen-bond acceptors (Lipinski definition) is 3. The van der Waals surface area contributed by atoms with E-state index in [2.05, 4.69) is 83.2 Å². The topological polar surface area (TPSA) is 54.4 Å². The minimum absolute atomic E-state index is 0.0188. The first-order valence-electron chi connectivity index (χ1n) is 15.3. The molecule has 0 aromatic rings. The molecule has 3 heteroatoms. The molecule has 1 unspecified atom stereocenters. The van der Waals surface area contributed by atoms with E-state index in [1.807, 2.05) is 71.1 Å². The quantitative estimate of drug-likeness (QED) is 0.262. The fourth-order valence-corrected chi connectivity index (χ4v) is 5.26. The highest BCUT2D eigenvalue weighted by atomic mass is 16.3. The summed E-state index contributed by atoms with van der Waals surface area (Å²) in [6.07, 6.45) is 29.8. The molecule has 0 saturated heterocycles. The normalized spacial score (nSPS) is 23.1. The molecule has 2 rings (SSSR count). The molecule has 0 aromatic carbocycles. The zero-order valence-electron chi connectivity index (χ0n) is 28.0. The SMILES string of the molecule is CC1=C(/C=C/C(C)=C/C=C/C(C)=C/C=C/C=C(C)/C=C/C=C(C)/C=C/C2=C(C)C(=O)CC(O)C2(C)C)C(C)(C)CCC1=O. The van der Waals surface area contributed by atoms with Crippen molar-refractivity contribution >= 4 is 11.6 Å². The fraction of sp³-hybridized carbons (Fsp3) is 0.400. The average Bonchev–Trinajstić information content (AvgIpc) is 2.92. The molecule has 43 heavy (non-hydrogen) atoms. The lowest BCUT2D eigenvalue weighted by Crippen LogP contribution is -2.38. The summed E-state index contributed by atoms with van der Waals surface area (Å²) in [6, 6.07) is 0. The van der Waals surface area contributed by atoms with Gasteiger partial charge < -0.3 is 5.11 Å². The number of carbonyl (C=O) groups excluding carboxylic acids is 2. The van der Waals surface area contributed by atoms with E-state index in [4.69, 9.17) is 0 Å². The summed E-state index contributed by atoms with van der Waals surface area (Å²) in [4.78, 5) is 24.4. The summed E-state index contributed by atoms with van der Waals surface area (Å²) in [7, 11) is 0. The molecule has 0 heterocycles. The molecule has 1 atom stereocenters. The molecule has 0 bridgehead atoms. The summed E-state index contributed by atoms with van der Waals surface area (Å²) < 4.78 is 0. The van der Waals surface area contributed by atoms with E-state index >= 15 is 0 Å². The van der Waals surface area contributed by atoms with E-state index in [0.29, 0.717) is 6.42 Å². The van der Waals surface area contributed by atoms with Gasteiger partial charge in [0.1, 0.15) is 0 Å². The number of aliphatic hydroxyl groups is 1. The van der Waals surface area contributed by atoms with Crippen LogP contribution in [0, 0.1) is 10.8 Å². The predicted octanol–water partition coefficient (Wildman–Crippen LogP) is 9.93. The van der Waals surface area contributed by atoms with Crippen LogP contribution in [0.25, 0.3) is 0 Å². The summed E-state index contributed by atoms with van der Waals surface area (Å²) >= 11 is 0. The number of hydrogen-bond donors (Lipinski definition) is 1. The second-order valence-corrected chi connectivity index (χ2v) is 13.2. The number of ketones is 2. The predicted molar refractivity (Wildman–Crippen MR) is 184 cm³/mol. The van der Waals surface area contributed by atoms with Crippen LogP contribution in [0.2, 0.25) is 0 Å². The van der Waals surface area contributed by atoms with Gasteiger partial charge in [-0.05, 0) is 75.7 Å². The zero-order chi connectivity index (χ0) is 32.4. The van der Waals surface area contributed by atoms with E-state index in [9.17, 15) is 14.7 Å². The smallest absolute Gasteiger partial charge is 0.161 e. The standard InChI is InChI=1S/C40H52O3/c1-28(17-13-19-30(3)21-23-34-32(5)36(41)25-26-39(34,7)8)15-11-12-16-29(2)18-14-20-31(4)22-24-35-33(6)37(42)27-38(43)40(35,9)10/h11-24,38,43H,25-27H2,1-10H3/b12-11+,17-13+,18-14+,23-21+,24-22+,28-15+,29-16+,30-19+,31-20+. The number of allylic oxidation sites excluding steroid dienone is 21. The Morgan fingerprint density at radius 1 is 0.651 bits per heavy atom. The molecule has 0 fully saturated rings. The molecule has 1 N–H and O–H groups in total. The molecular formula is C40H52O3. The monoisotopic (exact) mass is 580 g/mol. The Hall–Kier alpha value is -3.56. The summed E-state index contributed by atoms with van der Waals surface area (Å²) in [5, 5.41) is 10.4. The van der Waals surface area contributed by atoms with Crippen LogP contribution in [-0.4, -0.2) is 22.8 Å². The third kappa shape index (κ3) is 10.6. The molecule has 0 aliphatic heterocycles. The van der Waals surface area contributed by atoms with Gasteiger partial charge in [-0.15, -0.1) is 0 Å². The Bertz CT molecular complexity index is 1420. The highest BCUT2D eigenvalue weighted by Gasteiger charge is 2.38. The van der Waals surface area contributed by atoms with Gasteiger partial charge in [0.15, 0.2) is 11.6 Å². The second kappa shape index (κ2) is 15.8. The highest BCUT2D eigenvalue weighted by molar-refractivity contribution is 5.98. The third-order valence-corrected chi connectivity index (χ3v) is 8.55. The number of Topliss-reactive ketones (excluding diaryl/α,β-unsaturated/α-hetero) is 2. The van der Waals surface area contributed by atoms with Crippen LogP contribution in [0.5, 0.6) is 0 Å². The number of carbonyl (C=O) groups is 2. The van der Waals surface area contributed by atoms with Gasteiger partial charge in [0.25, 0.3) is 0 Å². The molecule has 0 radical (unpaired) electrons. The first kappa shape index (κ1) is 35.6. The number of aliphatic hydroxyl groups excluding tert-OH is 1. The molecule has 0 aromatic heterocycles. The minimum Gasteiger partial charge on any atom is -0.392 e. The molecular weight excluding hydrogens is 528 g/mol. The van der Waals surface area contributed by atoms with Crippen LogP contribution in [0.3, 0.4) is 0 Å². The Balaban J connectivity index is 1.94. The van der Waals surface area contributed by atoms with Crippen molar-refractivity contribution in [2.45, 2.75) is 94.6 Å². The molecule has 230 valence electrons. The van der Waals surface area contributed by atoms with Gasteiger partial charge in [-0.25, -0.2) is 0 Å². The zero-order valence-corrected chi connectivity index (χ0v) is 28.0. The molecule has 2 aliphatic carbocycles. The van der Waals surface area contributed by atoms with Crippen LogP contribution < -0.4 is 0 Å². The van der Waals surface area contributed by atoms with Crippen LogP contribution in [0.4, 0.5) is 0 Å². The van der Waals surface area contributed by atoms with Gasteiger partial charge in [0, 0.05) is 18.3 Å². The minimum atomic E-state index is -0.659. The van der Waals surface area contributed by atoms with Crippen molar-refractivity contribution in [3.8, 4) is 0 Å². The Kier molecular flexibility index (Phi) is 13.1. The van der Waals surface area contributed by atoms with Gasteiger partial charge in [-0.3, -0.25) is 9.59 Å². The van der Waals surface area contributed by atoms with Gasteiger partial charge in [-0.2, -0.15) is 0 Å². The Morgan fingerprint density at radius 2 is 1.07 bits per heavy atom. The van der Waals surface area contributed by atoms with E-state index in [0.717, 1.165) is 51.0 Å². The van der Waals surface area contributed by atoms with Crippen molar-refractivity contribution in [3.05, 3.63) is 130 Å². The van der Waals surface area contributed by atoms with Crippen molar-refractivity contribution in [3.63, 3.8) is 0 Å². The van der Waals surface area contributed by atoms with Crippen molar-refractivity contribution in [1.29, 1.82) is 0 Å². The lowest BCUT2D eigenvalue weighted by Gasteiger charge is -2.36. The lowest BCUT2D eigenvalue weighted by molar-refractivity contribution is -0.120. The largest absolute Gasteiger partial charge is 0.392 e. The molecule has 0 amide bonds. The van der Waals surface area contributed by atoms with Crippen LogP contribution >= 0.6 is 0 Å². The maximum atomic E-state index is 12.2. The third-order valence-electron chi connectivity index (χ3n) is 8.55. The molecule has 0 saturated carbocycles. The summed E-state index contributed by atoms with van der Waals surface area (Å²) in [5.41, 5.74) is 7.75. The summed E-state index contributed by atoms with van der Waals surface area (Å²) in [5.74, 6) is 0.283. The maximum absolute atomic E-state index is 12.2. The van der Waals surface area contributed by atoms with E-state index in [1.165, 1.54) is 0 Å². The van der Waals surface area contributed by atoms with E-state index in [-0.39, 0.29) is 23.4 Å². The Labute approximate surface area is 260 Å². The molecule has 2 aliphatic rings. The average molecular weight is 581 g/mol. The van der Waals surface area contributed by atoms with Crippen molar-refractivity contribution in [2.24, 2.45) is 10.8 Å². The summed E-state index contributed by atoms with van der Waals surface area (Å²) in [6.45, 7) is 20.4. The highest BCUT2D eigenvalue weighted by Crippen LogP contribution is 2.40. The van der Waals surface area contributed by atoms with Crippen LogP contribution in [-0.2, 0) is 9.59 Å². The lowest BCUT2D eigenvalue weighted by atomic mass is 9.70. The first-order valence-corrected chi connectivity index (χ1v) is 15.3. The van der Waals surface area contributed by atoms with Crippen molar-refractivity contribution in [1.82, 2.24) is 0 Å². The van der Waals surface area contributed by atoms with E-state index in [1.54, 1.807) is 0 Å². The van der Waals surface area contributed by atoms with Gasteiger partial charge >= 0.3 is 0 Å². The fourth-order valence-electron chi connectivity index (χ4n) is 5.26. The van der Waals surface area contributed by atoms with Gasteiger partial charge in [0.05, 0.1) is 6.10 Å². The van der Waals surface area contributed by atoms with E-state index < -0.39 is 11.5 Å². The molecule has 3 nitrogen and oxygen atoms in total. The van der Waals surface area contributed by atoms with Crippen molar-refractivity contribution in [2.75, 3.05) is 0 Å². The maximum Gasteiger partial charge on any atom is 0.161 e. The van der Waals surface area contributed by atoms with Crippen molar-refractivity contribution < 1.29 is 14.7 Å². The number of rotatable bonds is 10.